The summed E-state index contributed by atoms with van der Waals surface area (Å²) in [5.41, 5.74) is 1.49. The molecule has 3 N–H and O–H groups in total. The van der Waals surface area contributed by atoms with E-state index in [9.17, 15) is 33.0 Å². The Kier molecular flexibility index (Phi) is 8.31. The van der Waals surface area contributed by atoms with Gasteiger partial charge in [-0.05, 0) is 24.5 Å². The Morgan fingerprint density at radius 3 is 2.33 bits per heavy atom. The molecule has 1 aliphatic rings. The molecule has 2 atom stereocenters. The van der Waals surface area contributed by atoms with Gasteiger partial charge in [0.05, 0.1) is 30.8 Å². The monoisotopic (exact) mass is 586 g/mol. The van der Waals surface area contributed by atoms with Gasteiger partial charge < -0.3 is 34.3 Å². The van der Waals surface area contributed by atoms with E-state index in [2.05, 4.69) is 5.32 Å². The second-order valence-electron chi connectivity index (χ2n) is 10.6. The molecule has 2 aromatic heterocycles. The van der Waals surface area contributed by atoms with Gasteiger partial charge in [0, 0.05) is 38.1 Å². The lowest BCUT2D eigenvalue weighted by Crippen LogP contribution is -2.48. The topological polar surface area (TPSA) is 109 Å². The predicted molar refractivity (Wildman–Crippen MR) is 152 cm³/mol. The molecule has 0 bridgehead atoms. The number of likely N-dealkylation sites (tertiary alicyclic amines) is 1. The molecular formula is C30H33F3N4O5. The van der Waals surface area contributed by atoms with Gasteiger partial charge in [-0.25, -0.2) is 0 Å². The highest BCUT2D eigenvalue weighted by atomic mass is 19.4. The molecule has 0 saturated carbocycles. The third-order valence-corrected chi connectivity index (χ3v) is 7.95. The van der Waals surface area contributed by atoms with E-state index in [1.54, 1.807) is 35.9 Å². The first kappa shape index (κ1) is 29.6. The largest absolute Gasteiger partial charge is 0.493 e. The molecule has 12 heteroatoms. The van der Waals surface area contributed by atoms with Crippen molar-refractivity contribution < 1.29 is 32.9 Å². The van der Waals surface area contributed by atoms with Gasteiger partial charge in [-0.1, -0.05) is 48.5 Å². The van der Waals surface area contributed by atoms with Crippen LogP contribution < -0.4 is 15.6 Å². The van der Waals surface area contributed by atoms with E-state index in [1.165, 1.54) is 16.6 Å². The number of pyridine rings is 1. The van der Waals surface area contributed by atoms with Gasteiger partial charge in [0.1, 0.15) is 5.39 Å². The summed E-state index contributed by atoms with van der Waals surface area (Å²) in [6, 6.07) is 16.0. The van der Waals surface area contributed by atoms with E-state index in [0.717, 1.165) is 0 Å². The van der Waals surface area contributed by atoms with Crippen LogP contribution in [0.1, 0.15) is 35.0 Å². The first-order valence-electron chi connectivity index (χ1n) is 13.7. The van der Waals surface area contributed by atoms with Crippen molar-refractivity contribution in [2.24, 2.45) is 7.05 Å². The van der Waals surface area contributed by atoms with E-state index in [-0.39, 0.29) is 42.5 Å². The zero-order valence-electron chi connectivity index (χ0n) is 23.3. The average molecular weight is 587 g/mol. The first-order valence-corrected chi connectivity index (χ1v) is 13.7. The minimum absolute atomic E-state index is 0.0134. The highest BCUT2D eigenvalue weighted by Gasteiger charge is 2.39. The van der Waals surface area contributed by atoms with Crippen molar-refractivity contribution in [3.8, 4) is 5.75 Å². The quantitative estimate of drug-likeness (QED) is 0.292. The van der Waals surface area contributed by atoms with Crippen molar-refractivity contribution in [3.63, 3.8) is 0 Å². The fourth-order valence-corrected chi connectivity index (χ4v) is 5.78. The number of halogens is 3. The number of carbonyl (C=O) groups is 1. The van der Waals surface area contributed by atoms with E-state index >= 15 is 0 Å². The molecule has 1 fully saturated rings. The van der Waals surface area contributed by atoms with Crippen LogP contribution in [0.5, 0.6) is 5.75 Å². The highest BCUT2D eigenvalue weighted by Crippen LogP contribution is 2.35. The fraction of sp³-hybridized carbons (Fsp3) is 0.400. The predicted octanol–water partition coefficient (Wildman–Crippen LogP) is 3.35. The van der Waals surface area contributed by atoms with E-state index in [0.29, 0.717) is 34.8 Å². The number of benzene rings is 2. The van der Waals surface area contributed by atoms with Crippen LogP contribution in [0.25, 0.3) is 21.8 Å². The molecule has 2 unspecified atom stereocenters. The molecule has 1 saturated heterocycles. The number of aliphatic hydroxyl groups excluding tert-OH is 2. The number of piperidine rings is 1. The first-order chi connectivity index (χ1) is 20.0. The number of hydrogen-bond acceptors (Lipinski definition) is 6. The fourth-order valence-electron chi connectivity index (χ4n) is 5.78. The smallest absolute Gasteiger partial charge is 0.415 e. The molecule has 3 heterocycles. The number of para-hydroxylation sites is 1. The number of rotatable bonds is 8. The minimum Gasteiger partial charge on any atom is -0.493 e. The number of carbonyl (C=O) groups excluding carboxylic acids is 1. The Labute approximate surface area is 239 Å². The van der Waals surface area contributed by atoms with E-state index < -0.39 is 36.4 Å². The second kappa shape index (κ2) is 11.8. The van der Waals surface area contributed by atoms with Crippen molar-refractivity contribution in [1.29, 1.82) is 0 Å². The van der Waals surface area contributed by atoms with Crippen LogP contribution in [-0.4, -0.2) is 75.2 Å². The van der Waals surface area contributed by atoms with Gasteiger partial charge in [0.15, 0.2) is 17.5 Å². The molecule has 2 aromatic carbocycles. The van der Waals surface area contributed by atoms with Gasteiger partial charge in [0.25, 0.3) is 11.5 Å². The molecule has 0 spiro atoms. The summed E-state index contributed by atoms with van der Waals surface area (Å²) in [7, 11) is 3.06. The summed E-state index contributed by atoms with van der Waals surface area (Å²) < 4.78 is 47.0. The summed E-state index contributed by atoms with van der Waals surface area (Å²) >= 11 is 0. The lowest BCUT2D eigenvalue weighted by molar-refractivity contribution is -0.208. The number of alkyl halides is 3. The molecular weight excluding hydrogens is 553 g/mol. The Balaban J connectivity index is 1.46. The maximum Gasteiger partial charge on any atom is 0.415 e. The van der Waals surface area contributed by atoms with Crippen LogP contribution in [0.2, 0.25) is 0 Å². The molecule has 1 aliphatic heterocycles. The number of amides is 1. The number of nitrogens with one attached hydrogen (secondary N) is 1. The van der Waals surface area contributed by atoms with Gasteiger partial charge in [-0.15, -0.1) is 0 Å². The van der Waals surface area contributed by atoms with Gasteiger partial charge >= 0.3 is 6.18 Å². The van der Waals surface area contributed by atoms with Crippen LogP contribution in [0.15, 0.2) is 59.4 Å². The zero-order valence-corrected chi connectivity index (χ0v) is 23.3. The Bertz CT molecular complexity index is 1640. The molecule has 9 nitrogen and oxygen atoms in total. The van der Waals surface area contributed by atoms with Crippen molar-refractivity contribution in [2.75, 3.05) is 26.7 Å². The lowest BCUT2D eigenvalue weighted by Gasteiger charge is -2.33. The van der Waals surface area contributed by atoms with Gasteiger partial charge in [-0.2, -0.15) is 13.2 Å². The molecule has 1 amide bonds. The highest BCUT2D eigenvalue weighted by molar-refractivity contribution is 6.12. The van der Waals surface area contributed by atoms with E-state index in [4.69, 9.17) is 4.74 Å². The van der Waals surface area contributed by atoms with Crippen LogP contribution in [0.3, 0.4) is 0 Å². The number of β-amino-alcohol motifs (C(OH)–C–C–N with tert-alkyl or cyclic N) is 1. The molecule has 0 aliphatic carbocycles. The number of aliphatic hydroxyl groups is 2. The summed E-state index contributed by atoms with van der Waals surface area (Å²) in [6.07, 6.45) is -7.26. The van der Waals surface area contributed by atoms with Gasteiger partial charge in [0.2, 0.25) is 0 Å². The zero-order chi connectivity index (χ0) is 30.2. The minimum atomic E-state index is -4.68. The maximum atomic E-state index is 14.0. The molecule has 4 aromatic rings. The number of ether oxygens (including phenoxy) is 1. The number of nitrogens with zero attached hydrogens (tertiary/aromatic N) is 3. The van der Waals surface area contributed by atoms with Crippen LogP contribution >= 0.6 is 0 Å². The molecule has 224 valence electrons. The maximum absolute atomic E-state index is 14.0. The molecule has 0 radical (unpaired) electrons. The van der Waals surface area contributed by atoms with E-state index in [1.807, 2.05) is 30.3 Å². The van der Waals surface area contributed by atoms with Crippen molar-refractivity contribution >= 4 is 27.7 Å². The van der Waals surface area contributed by atoms with Gasteiger partial charge in [-0.3, -0.25) is 9.59 Å². The van der Waals surface area contributed by atoms with Crippen LogP contribution in [0.4, 0.5) is 13.2 Å². The summed E-state index contributed by atoms with van der Waals surface area (Å²) in [4.78, 5) is 29.1. The third-order valence-electron chi connectivity index (χ3n) is 7.95. The number of fused-ring (bicyclic) bond motifs is 3. The summed E-state index contributed by atoms with van der Waals surface area (Å²) in [5, 5.41) is 24.2. The Morgan fingerprint density at radius 1 is 1.05 bits per heavy atom. The van der Waals surface area contributed by atoms with Crippen LogP contribution in [0, 0.1) is 0 Å². The Hall–Kier alpha value is -3.87. The lowest BCUT2D eigenvalue weighted by atomic mass is 10.0. The number of hydrogen-bond donors (Lipinski definition) is 3. The number of aromatic nitrogens is 2. The Morgan fingerprint density at radius 2 is 1.69 bits per heavy atom. The SMILES string of the molecule is COc1c(C(=O)NC2CCN(CC(O)C(F)(F)F)CC2)n(C)c2c1c(=O)n(CC(O)c1ccccc1)c1ccccc21. The van der Waals surface area contributed by atoms with Crippen LogP contribution in [-0.2, 0) is 13.6 Å². The van der Waals surface area contributed by atoms with Crippen molar-refractivity contribution in [2.45, 2.75) is 43.8 Å². The molecule has 5 rings (SSSR count). The summed E-state index contributed by atoms with van der Waals surface area (Å²) in [6.45, 7) is 0.0346. The normalized spacial score (nSPS) is 16.5. The standard InChI is InChI=1S/C30H33F3N4O5/c1-35-25-20-10-6-7-11-21(20)37(16-22(38)18-8-4-3-5-9-18)29(41)24(25)27(42-2)26(35)28(40)34-19-12-14-36(15-13-19)17-23(39)30(31,32)33/h3-11,19,22-23,38-39H,12-17H2,1-2H3,(H,34,40). The average Bonchev–Trinajstić information content (AvgIpc) is 3.28. The number of aryl methyl sites for hydroxylation is 1. The van der Waals surface area contributed by atoms with Crippen molar-refractivity contribution in [3.05, 3.63) is 76.2 Å². The molecule has 42 heavy (non-hydrogen) atoms. The number of methoxy groups -OCH3 is 1. The second-order valence-corrected chi connectivity index (χ2v) is 10.6. The third kappa shape index (κ3) is 5.61. The summed E-state index contributed by atoms with van der Waals surface area (Å²) in [5.74, 6) is -0.367. The van der Waals surface area contributed by atoms with Crippen molar-refractivity contribution in [1.82, 2.24) is 19.4 Å².